The van der Waals surface area contributed by atoms with Gasteiger partial charge in [0, 0.05) is 13.1 Å². The fraction of sp³-hybridized carbons (Fsp3) is 0.263. The molecule has 0 radical (unpaired) electrons. The summed E-state index contributed by atoms with van der Waals surface area (Å²) in [5, 5.41) is 1.31. The lowest BCUT2D eigenvalue weighted by atomic mass is 10.1. The Morgan fingerprint density at radius 1 is 1.08 bits per heavy atom. The monoisotopic (exact) mass is 373 g/mol. The van der Waals surface area contributed by atoms with Crippen LogP contribution in [0.25, 0.3) is 10.2 Å². The van der Waals surface area contributed by atoms with Crippen LogP contribution >= 0.6 is 22.9 Å². The SMILES string of the molecule is CN(C)CCN(C(=O)Cc1ccccc1)c1nc2c(Cl)cccc2s1. The predicted molar refractivity (Wildman–Crippen MR) is 106 cm³/mol. The molecule has 0 fully saturated rings. The number of likely N-dealkylation sites (N-methyl/N-ethyl adjacent to an activating group) is 1. The second kappa shape index (κ2) is 7.95. The summed E-state index contributed by atoms with van der Waals surface area (Å²) in [5.74, 6) is 0.0447. The molecule has 0 N–H and O–H groups in total. The summed E-state index contributed by atoms with van der Waals surface area (Å²) in [5.41, 5.74) is 1.76. The Bertz CT molecular complexity index is 863. The standard InChI is InChI=1S/C19H20ClN3OS/c1-22(2)11-12-23(17(24)13-14-7-4-3-5-8-14)19-21-18-15(20)9-6-10-16(18)25-19/h3-10H,11-13H2,1-2H3. The molecule has 0 aliphatic heterocycles. The van der Waals surface area contributed by atoms with Gasteiger partial charge in [0.2, 0.25) is 5.91 Å². The molecule has 0 atom stereocenters. The number of para-hydroxylation sites is 1. The fourth-order valence-corrected chi connectivity index (χ4v) is 3.82. The largest absolute Gasteiger partial charge is 0.308 e. The smallest absolute Gasteiger partial charge is 0.233 e. The first-order chi connectivity index (χ1) is 12.0. The lowest BCUT2D eigenvalue weighted by Gasteiger charge is -2.22. The van der Waals surface area contributed by atoms with E-state index in [0.717, 1.165) is 22.3 Å². The molecule has 130 valence electrons. The van der Waals surface area contributed by atoms with Crippen LogP contribution in [0.1, 0.15) is 5.56 Å². The Morgan fingerprint density at radius 3 is 2.52 bits per heavy atom. The van der Waals surface area contributed by atoms with Crippen LogP contribution in [0.3, 0.4) is 0 Å². The number of amides is 1. The van der Waals surface area contributed by atoms with Crippen molar-refractivity contribution < 1.29 is 4.79 Å². The van der Waals surface area contributed by atoms with Crippen molar-refractivity contribution >= 4 is 44.2 Å². The van der Waals surface area contributed by atoms with Crippen LogP contribution < -0.4 is 4.90 Å². The molecule has 6 heteroatoms. The Hall–Kier alpha value is -1.95. The summed E-state index contributed by atoms with van der Waals surface area (Å²) in [4.78, 5) is 21.4. The molecule has 1 amide bonds. The Kier molecular flexibility index (Phi) is 5.68. The molecule has 3 aromatic rings. The topological polar surface area (TPSA) is 36.4 Å². The Morgan fingerprint density at radius 2 is 1.84 bits per heavy atom. The van der Waals surface area contributed by atoms with Crippen molar-refractivity contribution in [1.29, 1.82) is 0 Å². The van der Waals surface area contributed by atoms with Gasteiger partial charge < -0.3 is 4.90 Å². The van der Waals surface area contributed by atoms with Gasteiger partial charge in [0.05, 0.1) is 16.1 Å². The van der Waals surface area contributed by atoms with Crippen molar-refractivity contribution in [2.45, 2.75) is 6.42 Å². The first-order valence-electron chi connectivity index (χ1n) is 8.08. The number of halogens is 1. The van der Waals surface area contributed by atoms with Crippen LogP contribution in [0.15, 0.2) is 48.5 Å². The number of carbonyl (C=O) groups excluding carboxylic acids is 1. The quantitative estimate of drug-likeness (QED) is 0.653. The average molecular weight is 374 g/mol. The van der Waals surface area contributed by atoms with E-state index in [1.54, 1.807) is 4.90 Å². The van der Waals surface area contributed by atoms with Gasteiger partial charge in [-0.1, -0.05) is 59.3 Å². The van der Waals surface area contributed by atoms with Gasteiger partial charge in [-0.25, -0.2) is 4.98 Å². The van der Waals surface area contributed by atoms with E-state index in [0.29, 0.717) is 23.1 Å². The van der Waals surface area contributed by atoms with Gasteiger partial charge >= 0.3 is 0 Å². The van der Waals surface area contributed by atoms with Crippen molar-refractivity contribution in [2.75, 3.05) is 32.1 Å². The first kappa shape index (κ1) is 17.9. The van der Waals surface area contributed by atoms with Crippen LogP contribution in [0.4, 0.5) is 5.13 Å². The molecule has 0 aliphatic rings. The maximum Gasteiger partial charge on any atom is 0.233 e. The molecule has 1 aromatic heterocycles. The van der Waals surface area contributed by atoms with Crippen molar-refractivity contribution in [3.8, 4) is 0 Å². The van der Waals surface area contributed by atoms with E-state index >= 15 is 0 Å². The van der Waals surface area contributed by atoms with Crippen LogP contribution in [0.2, 0.25) is 5.02 Å². The number of nitrogens with zero attached hydrogens (tertiary/aromatic N) is 3. The third-order valence-corrected chi connectivity index (χ3v) is 5.21. The zero-order valence-corrected chi connectivity index (χ0v) is 15.8. The summed E-state index contributed by atoms with van der Waals surface area (Å²) < 4.78 is 0.991. The lowest BCUT2D eigenvalue weighted by Crippen LogP contribution is -2.37. The number of aromatic nitrogens is 1. The molecule has 2 aromatic carbocycles. The van der Waals surface area contributed by atoms with E-state index in [1.807, 2.05) is 62.6 Å². The molecular weight excluding hydrogens is 354 g/mol. The van der Waals surface area contributed by atoms with Gasteiger partial charge in [-0.05, 0) is 31.8 Å². The van der Waals surface area contributed by atoms with Gasteiger partial charge in [-0.15, -0.1) is 0 Å². The van der Waals surface area contributed by atoms with Crippen molar-refractivity contribution in [3.05, 3.63) is 59.1 Å². The fourth-order valence-electron chi connectivity index (χ4n) is 2.51. The lowest BCUT2D eigenvalue weighted by molar-refractivity contribution is -0.118. The molecule has 3 rings (SSSR count). The Balaban J connectivity index is 1.89. The third-order valence-electron chi connectivity index (χ3n) is 3.86. The number of thiazole rings is 1. The highest BCUT2D eigenvalue weighted by Gasteiger charge is 2.20. The first-order valence-corrected chi connectivity index (χ1v) is 9.28. The zero-order chi connectivity index (χ0) is 17.8. The van der Waals surface area contributed by atoms with Crippen LogP contribution in [0, 0.1) is 0 Å². The molecule has 0 unspecified atom stereocenters. The second-order valence-electron chi connectivity index (χ2n) is 6.09. The molecule has 1 heterocycles. The second-order valence-corrected chi connectivity index (χ2v) is 7.51. The summed E-state index contributed by atoms with van der Waals surface area (Å²) in [7, 11) is 3.99. The summed E-state index contributed by atoms with van der Waals surface area (Å²) in [6, 6.07) is 15.5. The number of carbonyl (C=O) groups is 1. The van der Waals surface area contributed by atoms with E-state index < -0.39 is 0 Å². The minimum Gasteiger partial charge on any atom is -0.308 e. The number of hydrogen-bond donors (Lipinski definition) is 0. The summed E-state index contributed by atoms with van der Waals surface area (Å²) in [6.07, 6.45) is 0.359. The molecule has 0 saturated carbocycles. The van der Waals surface area contributed by atoms with Gasteiger partial charge in [-0.2, -0.15) is 0 Å². The van der Waals surface area contributed by atoms with Gasteiger partial charge in [0.15, 0.2) is 5.13 Å². The van der Waals surface area contributed by atoms with E-state index in [1.165, 1.54) is 11.3 Å². The molecule has 25 heavy (non-hydrogen) atoms. The minimum absolute atomic E-state index is 0.0447. The number of fused-ring (bicyclic) bond motifs is 1. The van der Waals surface area contributed by atoms with Crippen molar-refractivity contribution in [3.63, 3.8) is 0 Å². The highest BCUT2D eigenvalue weighted by molar-refractivity contribution is 7.22. The highest BCUT2D eigenvalue weighted by atomic mass is 35.5. The summed E-state index contributed by atoms with van der Waals surface area (Å²) >= 11 is 7.75. The Labute approximate surface area is 156 Å². The van der Waals surface area contributed by atoms with Gasteiger partial charge in [0.25, 0.3) is 0 Å². The maximum absolute atomic E-state index is 12.9. The van der Waals surface area contributed by atoms with Crippen LogP contribution in [-0.4, -0.2) is 43.0 Å². The molecule has 0 bridgehead atoms. The highest BCUT2D eigenvalue weighted by Crippen LogP contribution is 2.33. The summed E-state index contributed by atoms with van der Waals surface area (Å²) in [6.45, 7) is 1.36. The van der Waals surface area contributed by atoms with Gasteiger partial charge in [0.1, 0.15) is 5.52 Å². The van der Waals surface area contributed by atoms with Crippen molar-refractivity contribution in [1.82, 2.24) is 9.88 Å². The predicted octanol–water partition coefficient (Wildman–Crippen LogP) is 4.09. The number of anilines is 1. The zero-order valence-electron chi connectivity index (χ0n) is 14.3. The molecule has 0 aliphatic carbocycles. The molecule has 0 saturated heterocycles. The van der Waals surface area contributed by atoms with E-state index in [4.69, 9.17) is 11.6 Å². The van der Waals surface area contributed by atoms with E-state index in [-0.39, 0.29) is 5.91 Å². The van der Waals surface area contributed by atoms with E-state index in [9.17, 15) is 4.79 Å². The maximum atomic E-state index is 12.9. The van der Waals surface area contributed by atoms with Gasteiger partial charge in [-0.3, -0.25) is 9.69 Å². The minimum atomic E-state index is 0.0447. The average Bonchev–Trinajstić information content (AvgIpc) is 3.01. The van der Waals surface area contributed by atoms with Crippen LogP contribution in [-0.2, 0) is 11.2 Å². The number of benzene rings is 2. The van der Waals surface area contributed by atoms with Crippen molar-refractivity contribution in [2.24, 2.45) is 0 Å². The van der Waals surface area contributed by atoms with E-state index in [2.05, 4.69) is 9.88 Å². The number of hydrogen-bond acceptors (Lipinski definition) is 4. The molecular formula is C19H20ClN3OS. The number of rotatable bonds is 6. The normalized spacial score (nSPS) is 11.2. The third kappa shape index (κ3) is 4.37. The molecule has 4 nitrogen and oxygen atoms in total. The molecule has 0 spiro atoms. The van der Waals surface area contributed by atoms with Crippen LogP contribution in [0.5, 0.6) is 0 Å².